The van der Waals surface area contributed by atoms with E-state index in [0.29, 0.717) is 11.4 Å². The number of carbonyl (C=O) groups excluding carboxylic acids is 1. The molecule has 0 radical (unpaired) electrons. The van der Waals surface area contributed by atoms with Crippen molar-refractivity contribution < 1.29 is 26.7 Å². The number of hydrogen-bond donors (Lipinski definition) is 2. The maximum atomic E-state index is 12.0. The van der Waals surface area contributed by atoms with E-state index in [1.165, 1.54) is 24.3 Å². The lowest BCUT2D eigenvalue weighted by atomic mass is 10.2. The topological polar surface area (TPSA) is 97.4 Å². The number of sulfonamides is 1. The Bertz CT molecular complexity index is 807. The summed E-state index contributed by atoms with van der Waals surface area (Å²) in [4.78, 5) is 15.9. The predicted octanol–water partition coefficient (Wildman–Crippen LogP) is 2.30. The highest BCUT2D eigenvalue weighted by Gasteiger charge is 2.11. The van der Waals surface area contributed by atoms with E-state index in [-0.39, 0.29) is 23.2 Å². The SMILES string of the molecule is CS(=O)(=O)Nc1nc(CC(=O)Nc2ccc(OC(F)F)cc2)cs1. The molecular weight excluding hydrogens is 364 g/mol. The number of halogens is 2. The lowest BCUT2D eigenvalue weighted by molar-refractivity contribution is -0.115. The molecule has 0 aliphatic rings. The summed E-state index contributed by atoms with van der Waals surface area (Å²) >= 11 is 1.06. The van der Waals surface area contributed by atoms with Gasteiger partial charge in [-0.3, -0.25) is 9.52 Å². The molecule has 11 heteroatoms. The van der Waals surface area contributed by atoms with Gasteiger partial charge in [-0.15, -0.1) is 11.3 Å². The van der Waals surface area contributed by atoms with E-state index in [9.17, 15) is 22.0 Å². The van der Waals surface area contributed by atoms with Crippen molar-refractivity contribution in [1.82, 2.24) is 4.98 Å². The van der Waals surface area contributed by atoms with Crippen LogP contribution < -0.4 is 14.8 Å². The molecule has 0 spiro atoms. The van der Waals surface area contributed by atoms with Crippen molar-refractivity contribution in [3.05, 3.63) is 35.3 Å². The Balaban J connectivity index is 1.91. The fourth-order valence-corrected chi connectivity index (χ4v) is 3.25. The molecule has 0 atom stereocenters. The number of amides is 1. The molecule has 0 aliphatic carbocycles. The first-order valence-corrected chi connectivity index (χ1v) is 9.25. The molecule has 2 aromatic rings. The molecule has 0 unspecified atom stereocenters. The van der Waals surface area contributed by atoms with E-state index >= 15 is 0 Å². The van der Waals surface area contributed by atoms with Gasteiger partial charge in [-0.05, 0) is 24.3 Å². The first-order valence-electron chi connectivity index (χ1n) is 6.48. The molecule has 2 N–H and O–H groups in total. The largest absolute Gasteiger partial charge is 0.435 e. The van der Waals surface area contributed by atoms with Gasteiger partial charge in [0.2, 0.25) is 15.9 Å². The summed E-state index contributed by atoms with van der Waals surface area (Å²) in [5, 5.41) is 4.31. The van der Waals surface area contributed by atoms with Crippen LogP contribution >= 0.6 is 11.3 Å². The lowest BCUT2D eigenvalue weighted by Gasteiger charge is -2.07. The van der Waals surface area contributed by atoms with Crippen LogP contribution in [0.1, 0.15) is 5.69 Å². The summed E-state index contributed by atoms with van der Waals surface area (Å²) in [6.45, 7) is -2.91. The first-order chi connectivity index (χ1) is 11.2. The Labute approximate surface area is 140 Å². The molecule has 1 aromatic carbocycles. The Hall–Kier alpha value is -2.27. The van der Waals surface area contributed by atoms with Gasteiger partial charge in [0.15, 0.2) is 5.13 Å². The fraction of sp³-hybridized carbons (Fsp3) is 0.231. The molecular formula is C13H13F2N3O4S2. The second kappa shape index (κ2) is 7.53. The molecule has 130 valence electrons. The molecule has 1 aromatic heterocycles. The third kappa shape index (κ3) is 6.08. The summed E-state index contributed by atoms with van der Waals surface area (Å²) < 4.78 is 52.7. The minimum absolute atomic E-state index is 0.0148. The molecule has 0 saturated heterocycles. The van der Waals surface area contributed by atoms with E-state index in [0.717, 1.165) is 17.6 Å². The lowest BCUT2D eigenvalue weighted by Crippen LogP contribution is -2.15. The van der Waals surface area contributed by atoms with Gasteiger partial charge in [0.05, 0.1) is 18.4 Å². The van der Waals surface area contributed by atoms with Gasteiger partial charge in [-0.1, -0.05) is 0 Å². The maximum absolute atomic E-state index is 12.0. The van der Waals surface area contributed by atoms with Crippen molar-refractivity contribution in [2.24, 2.45) is 0 Å². The molecule has 1 amide bonds. The van der Waals surface area contributed by atoms with E-state index < -0.39 is 16.6 Å². The summed E-state index contributed by atoms with van der Waals surface area (Å²) in [7, 11) is -3.42. The number of alkyl halides is 2. The predicted molar refractivity (Wildman–Crippen MR) is 86.0 cm³/mol. The van der Waals surface area contributed by atoms with E-state index in [1.54, 1.807) is 5.38 Å². The molecule has 24 heavy (non-hydrogen) atoms. The number of nitrogens with one attached hydrogen (secondary N) is 2. The summed E-state index contributed by atoms with van der Waals surface area (Å²) in [5.41, 5.74) is 0.813. The summed E-state index contributed by atoms with van der Waals surface area (Å²) in [6.07, 6.45) is 0.944. The highest BCUT2D eigenvalue weighted by molar-refractivity contribution is 7.92. The monoisotopic (exact) mass is 377 g/mol. The van der Waals surface area contributed by atoms with Gasteiger partial charge in [0.25, 0.3) is 0 Å². The molecule has 0 bridgehead atoms. The smallest absolute Gasteiger partial charge is 0.387 e. The Morgan fingerprint density at radius 1 is 1.33 bits per heavy atom. The number of ether oxygens (including phenoxy) is 1. The van der Waals surface area contributed by atoms with Crippen LogP contribution in [0.5, 0.6) is 5.75 Å². The van der Waals surface area contributed by atoms with Crippen LogP contribution in [0.25, 0.3) is 0 Å². The van der Waals surface area contributed by atoms with Gasteiger partial charge in [0.1, 0.15) is 5.75 Å². The molecule has 2 rings (SSSR count). The molecule has 0 fully saturated rings. The third-order valence-corrected chi connectivity index (χ3v) is 4.03. The van der Waals surface area contributed by atoms with Gasteiger partial charge < -0.3 is 10.1 Å². The average Bonchev–Trinajstić information content (AvgIpc) is 2.85. The third-order valence-electron chi connectivity index (χ3n) is 2.53. The van der Waals surface area contributed by atoms with Crippen LogP contribution in [0, 0.1) is 0 Å². The molecule has 1 heterocycles. The Morgan fingerprint density at radius 3 is 2.58 bits per heavy atom. The van der Waals surface area contributed by atoms with Crippen molar-refractivity contribution in [2.75, 3.05) is 16.3 Å². The summed E-state index contributed by atoms with van der Waals surface area (Å²) in [6, 6.07) is 5.46. The van der Waals surface area contributed by atoms with Crippen LogP contribution in [-0.4, -0.2) is 32.2 Å². The van der Waals surface area contributed by atoms with Crippen LogP contribution in [0.2, 0.25) is 0 Å². The molecule has 7 nitrogen and oxygen atoms in total. The Morgan fingerprint density at radius 2 is 2.00 bits per heavy atom. The van der Waals surface area contributed by atoms with Crippen molar-refractivity contribution >= 4 is 38.1 Å². The number of rotatable bonds is 7. The van der Waals surface area contributed by atoms with Crippen molar-refractivity contribution in [2.45, 2.75) is 13.0 Å². The highest BCUT2D eigenvalue weighted by Crippen LogP contribution is 2.19. The zero-order valence-electron chi connectivity index (χ0n) is 12.3. The highest BCUT2D eigenvalue weighted by atomic mass is 32.2. The van der Waals surface area contributed by atoms with Gasteiger partial charge in [-0.2, -0.15) is 8.78 Å². The second-order valence-corrected chi connectivity index (χ2v) is 7.25. The number of benzene rings is 1. The van der Waals surface area contributed by atoms with Crippen molar-refractivity contribution in [3.63, 3.8) is 0 Å². The number of carbonyl (C=O) groups is 1. The first kappa shape index (κ1) is 18.1. The molecule has 0 saturated carbocycles. The maximum Gasteiger partial charge on any atom is 0.387 e. The zero-order chi connectivity index (χ0) is 17.7. The number of nitrogens with zero attached hydrogens (tertiary/aromatic N) is 1. The van der Waals surface area contributed by atoms with E-state index in [1.807, 2.05) is 0 Å². The quantitative estimate of drug-likeness (QED) is 0.772. The molecule has 0 aliphatic heterocycles. The normalized spacial score (nSPS) is 11.3. The fourth-order valence-electron chi connectivity index (χ4n) is 1.68. The van der Waals surface area contributed by atoms with Crippen molar-refractivity contribution in [1.29, 1.82) is 0 Å². The van der Waals surface area contributed by atoms with Gasteiger partial charge in [0, 0.05) is 11.1 Å². The van der Waals surface area contributed by atoms with Gasteiger partial charge in [-0.25, -0.2) is 13.4 Å². The zero-order valence-corrected chi connectivity index (χ0v) is 14.0. The minimum Gasteiger partial charge on any atom is -0.435 e. The average molecular weight is 377 g/mol. The van der Waals surface area contributed by atoms with Crippen LogP contribution in [0.4, 0.5) is 19.6 Å². The van der Waals surface area contributed by atoms with E-state index in [4.69, 9.17) is 0 Å². The number of anilines is 2. The number of thiazole rings is 1. The van der Waals surface area contributed by atoms with Crippen LogP contribution in [-0.2, 0) is 21.2 Å². The standard InChI is InChI=1S/C13H13F2N3O4S2/c1-24(20,21)18-13-17-9(7-23-13)6-11(19)16-8-2-4-10(5-3-8)22-12(14)15/h2-5,7,12H,6H2,1H3,(H,16,19)(H,17,18). The van der Waals surface area contributed by atoms with Crippen molar-refractivity contribution in [3.8, 4) is 5.75 Å². The minimum atomic E-state index is -3.42. The van der Waals surface area contributed by atoms with E-state index in [2.05, 4.69) is 19.8 Å². The Kier molecular flexibility index (Phi) is 5.67. The van der Waals surface area contributed by atoms with Crippen LogP contribution in [0.15, 0.2) is 29.6 Å². The van der Waals surface area contributed by atoms with Gasteiger partial charge >= 0.3 is 6.61 Å². The number of hydrogen-bond acceptors (Lipinski definition) is 6. The van der Waals surface area contributed by atoms with Crippen LogP contribution in [0.3, 0.4) is 0 Å². The summed E-state index contributed by atoms with van der Waals surface area (Å²) in [5.74, 6) is -0.396. The second-order valence-electron chi connectivity index (χ2n) is 4.65. The number of aromatic nitrogens is 1.